The van der Waals surface area contributed by atoms with Crippen LogP contribution in [-0.2, 0) is 16.2 Å². The number of hydrogen-bond donors (Lipinski definition) is 1. The Morgan fingerprint density at radius 2 is 1.77 bits per heavy atom. The first kappa shape index (κ1) is 22.0. The second-order valence-corrected chi connectivity index (χ2v) is 7.19. The fourth-order valence-electron chi connectivity index (χ4n) is 2.63. The van der Waals surface area contributed by atoms with Gasteiger partial charge in [-0.3, -0.25) is 4.79 Å². The van der Waals surface area contributed by atoms with Crippen molar-refractivity contribution >= 4 is 34.2 Å². The number of rotatable bonds is 7. The van der Waals surface area contributed by atoms with Crippen LogP contribution in [-0.4, -0.2) is 41.8 Å². The van der Waals surface area contributed by atoms with Crippen LogP contribution in [0.15, 0.2) is 36.5 Å². The number of aromatic nitrogens is 2. The Balaban J connectivity index is 1.75. The summed E-state index contributed by atoms with van der Waals surface area (Å²) in [4.78, 5) is 36.9. The molecule has 0 aliphatic carbocycles. The highest BCUT2D eigenvalue weighted by Gasteiger charge is 2.27. The molecule has 0 radical (unpaired) electrons. The van der Waals surface area contributed by atoms with Gasteiger partial charge in [-0.15, -0.1) is 11.3 Å². The first-order chi connectivity index (χ1) is 14.8. The van der Waals surface area contributed by atoms with Crippen LogP contribution in [0.5, 0.6) is 5.75 Å². The number of thiophene rings is 1. The Labute approximate surface area is 180 Å². The summed E-state index contributed by atoms with van der Waals surface area (Å²) in [6.45, 7) is 1.56. The van der Waals surface area contributed by atoms with Crippen LogP contribution in [0.4, 0.5) is 9.39 Å². The van der Waals surface area contributed by atoms with Crippen LogP contribution in [0, 0.1) is 12.7 Å². The molecule has 3 rings (SSSR count). The number of nitrogens with zero attached hydrogens (tertiary/aromatic N) is 2. The van der Waals surface area contributed by atoms with Crippen molar-refractivity contribution < 1.29 is 33.0 Å². The van der Waals surface area contributed by atoms with E-state index in [-0.39, 0.29) is 33.7 Å². The largest absolute Gasteiger partial charge is 0.471 e. The van der Waals surface area contributed by atoms with Crippen LogP contribution < -0.4 is 10.1 Å². The van der Waals surface area contributed by atoms with Gasteiger partial charge in [-0.2, -0.15) is 5.10 Å². The minimum atomic E-state index is -0.697. The number of methoxy groups -OCH3 is 2. The van der Waals surface area contributed by atoms with Gasteiger partial charge in [0, 0.05) is 6.20 Å². The van der Waals surface area contributed by atoms with Crippen molar-refractivity contribution in [3.8, 4) is 5.75 Å². The van der Waals surface area contributed by atoms with E-state index in [4.69, 9.17) is 14.2 Å². The molecule has 9 nitrogen and oxygen atoms in total. The van der Waals surface area contributed by atoms with E-state index < -0.39 is 17.8 Å². The van der Waals surface area contributed by atoms with Gasteiger partial charge in [0.25, 0.3) is 5.91 Å². The van der Waals surface area contributed by atoms with E-state index in [9.17, 15) is 18.8 Å². The molecule has 0 atom stereocenters. The predicted octanol–water partition coefficient (Wildman–Crippen LogP) is 3.25. The highest BCUT2D eigenvalue weighted by atomic mass is 32.1. The second kappa shape index (κ2) is 9.39. The number of esters is 2. The lowest BCUT2D eigenvalue weighted by Crippen LogP contribution is -2.16. The molecule has 0 saturated heterocycles. The van der Waals surface area contributed by atoms with Crippen LogP contribution in [0.25, 0.3) is 0 Å². The van der Waals surface area contributed by atoms with Crippen molar-refractivity contribution in [3.05, 3.63) is 64.0 Å². The van der Waals surface area contributed by atoms with Crippen LogP contribution in [0.3, 0.4) is 0 Å². The molecule has 0 saturated carbocycles. The van der Waals surface area contributed by atoms with Gasteiger partial charge in [0.2, 0.25) is 0 Å². The average molecular weight is 447 g/mol. The van der Waals surface area contributed by atoms with E-state index in [0.717, 1.165) is 11.3 Å². The number of nitrogens with one attached hydrogen (secondary N) is 1. The van der Waals surface area contributed by atoms with E-state index in [1.807, 2.05) is 0 Å². The topological polar surface area (TPSA) is 109 Å². The van der Waals surface area contributed by atoms with Crippen molar-refractivity contribution in [2.24, 2.45) is 0 Å². The van der Waals surface area contributed by atoms with Crippen LogP contribution in [0.1, 0.15) is 36.1 Å². The van der Waals surface area contributed by atoms with Crippen molar-refractivity contribution in [3.63, 3.8) is 0 Å². The number of halogens is 1. The Morgan fingerprint density at radius 1 is 1.10 bits per heavy atom. The van der Waals surface area contributed by atoms with Crippen molar-refractivity contribution in [2.45, 2.75) is 13.7 Å². The van der Waals surface area contributed by atoms with Crippen molar-refractivity contribution in [2.75, 3.05) is 19.5 Å². The monoisotopic (exact) mass is 447 g/mol. The average Bonchev–Trinajstić information content (AvgIpc) is 3.37. The van der Waals surface area contributed by atoms with Gasteiger partial charge in [0.05, 0.1) is 19.8 Å². The smallest absolute Gasteiger partial charge is 0.348 e. The van der Waals surface area contributed by atoms with Gasteiger partial charge >= 0.3 is 11.9 Å². The highest BCUT2D eigenvalue weighted by molar-refractivity contribution is 7.18. The summed E-state index contributed by atoms with van der Waals surface area (Å²) in [5.74, 6) is -1.86. The maximum Gasteiger partial charge on any atom is 0.348 e. The molecule has 162 valence electrons. The summed E-state index contributed by atoms with van der Waals surface area (Å²) in [6.07, 6.45) is 1.53. The van der Waals surface area contributed by atoms with E-state index in [0.29, 0.717) is 11.3 Å². The Hall–Kier alpha value is -3.73. The van der Waals surface area contributed by atoms with Gasteiger partial charge in [0.1, 0.15) is 21.4 Å². The summed E-state index contributed by atoms with van der Waals surface area (Å²) in [5.41, 5.74) is 0.474. The molecule has 2 aromatic heterocycles. The molecule has 0 aliphatic rings. The molecule has 0 spiro atoms. The molecule has 0 unspecified atom stereocenters. The standard InChI is InChI=1S/C20H18FN3O6S/c1-11-15(19(26)28-2)18(31-16(11)20(27)29-3)22-17(25)14-8-9-24(23-14)10-30-13-6-4-12(21)5-7-13/h4-9H,10H2,1-3H3,(H,22,25). The van der Waals surface area contributed by atoms with Crippen molar-refractivity contribution in [1.82, 2.24) is 9.78 Å². The number of carbonyl (C=O) groups excluding carboxylic acids is 3. The zero-order chi connectivity index (χ0) is 22.5. The van der Waals surface area contributed by atoms with Gasteiger partial charge in [-0.25, -0.2) is 18.7 Å². The number of ether oxygens (including phenoxy) is 3. The molecular formula is C20H18FN3O6S. The van der Waals surface area contributed by atoms with Crippen LogP contribution >= 0.6 is 11.3 Å². The Kier molecular flexibility index (Phi) is 6.65. The Bertz CT molecular complexity index is 1120. The van der Waals surface area contributed by atoms with Gasteiger partial charge < -0.3 is 19.5 Å². The molecule has 1 N–H and O–H groups in total. The molecule has 3 aromatic rings. The zero-order valence-electron chi connectivity index (χ0n) is 16.8. The minimum Gasteiger partial charge on any atom is -0.471 e. The second-order valence-electron chi connectivity index (χ2n) is 6.17. The normalized spacial score (nSPS) is 10.5. The number of benzene rings is 1. The minimum absolute atomic E-state index is 0.00305. The zero-order valence-corrected chi connectivity index (χ0v) is 17.6. The molecule has 31 heavy (non-hydrogen) atoms. The number of carbonyl (C=O) groups is 3. The first-order valence-electron chi connectivity index (χ1n) is 8.87. The summed E-state index contributed by atoms with van der Waals surface area (Å²) in [7, 11) is 2.42. The Morgan fingerprint density at radius 3 is 2.42 bits per heavy atom. The third kappa shape index (κ3) is 4.89. The molecule has 0 fully saturated rings. The summed E-state index contributed by atoms with van der Waals surface area (Å²) < 4.78 is 29.3. The molecule has 0 bridgehead atoms. The van der Waals surface area contributed by atoms with E-state index in [1.54, 1.807) is 6.92 Å². The number of hydrogen-bond acceptors (Lipinski definition) is 8. The van der Waals surface area contributed by atoms with Crippen molar-refractivity contribution in [1.29, 1.82) is 0 Å². The summed E-state index contributed by atoms with van der Waals surface area (Å²) >= 11 is 0.904. The third-order valence-corrected chi connectivity index (χ3v) is 5.37. The van der Waals surface area contributed by atoms with Gasteiger partial charge in [-0.1, -0.05) is 0 Å². The number of amides is 1. The molecule has 2 heterocycles. The lowest BCUT2D eigenvalue weighted by molar-refractivity contribution is 0.0601. The maximum absolute atomic E-state index is 12.9. The maximum atomic E-state index is 12.9. The summed E-state index contributed by atoms with van der Waals surface area (Å²) in [6, 6.07) is 6.93. The fourth-order valence-corrected chi connectivity index (χ4v) is 3.74. The fraction of sp³-hybridized carbons (Fsp3) is 0.200. The van der Waals surface area contributed by atoms with E-state index >= 15 is 0 Å². The van der Waals surface area contributed by atoms with Gasteiger partial charge in [0.15, 0.2) is 12.4 Å². The summed E-state index contributed by atoms with van der Waals surface area (Å²) in [5, 5.41) is 6.85. The number of anilines is 1. The molecule has 11 heteroatoms. The lowest BCUT2D eigenvalue weighted by Gasteiger charge is -2.06. The predicted molar refractivity (Wildman–Crippen MR) is 109 cm³/mol. The molecule has 1 amide bonds. The quantitative estimate of drug-likeness (QED) is 0.554. The van der Waals surface area contributed by atoms with E-state index in [1.165, 1.54) is 55.4 Å². The molecular weight excluding hydrogens is 429 g/mol. The lowest BCUT2D eigenvalue weighted by atomic mass is 10.1. The van der Waals surface area contributed by atoms with Gasteiger partial charge in [-0.05, 0) is 42.8 Å². The molecule has 0 aliphatic heterocycles. The third-order valence-electron chi connectivity index (χ3n) is 4.18. The highest BCUT2D eigenvalue weighted by Crippen LogP contribution is 2.34. The van der Waals surface area contributed by atoms with Crippen LogP contribution in [0.2, 0.25) is 0 Å². The SMILES string of the molecule is COC(=O)c1sc(NC(=O)c2ccn(COc3ccc(F)cc3)n2)c(C(=O)OC)c1C. The first-order valence-corrected chi connectivity index (χ1v) is 9.69. The molecule has 1 aromatic carbocycles. The van der Waals surface area contributed by atoms with E-state index in [2.05, 4.69) is 10.4 Å².